The number of hydrogen-bond donors (Lipinski definition) is 2. The topological polar surface area (TPSA) is 105 Å². The van der Waals surface area contributed by atoms with Crippen molar-refractivity contribution in [1.29, 1.82) is 5.26 Å². The maximum Gasteiger partial charge on any atom is 0.319 e. The number of imide groups is 1. The van der Waals surface area contributed by atoms with Crippen molar-refractivity contribution >= 4 is 18.0 Å². The zero-order valence-electron chi connectivity index (χ0n) is 13.0. The lowest BCUT2D eigenvalue weighted by atomic mass is 10.1. The van der Waals surface area contributed by atoms with Crippen LogP contribution in [0.2, 0.25) is 0 Å². The Morgan fingerprint density at radius 2 is 1.88 bits per heavy atom. The van der Waals surface area contributed by atoms with Crippen molar-refractivity contribution < 1.29 is 18.7 Å². The van der Waals surface area contributed by atoms with E-state index in [0.717, 1.165) is 0 Å². The predicted octanol–water partition coefficient (Wildman–Crippen LogP) is 2.51. The van der Waals surface area contributed by atoms with E-state index in [1.807, 2.05) is 5.32 Å². The molecule has 0 spiro atoms. The SMILES string of the molecule is N#C/C(=C/c1ccccc1OCc1ccccc1F)C(=O)NC(N)=O. The van der Waals surface area contributed by atoms with Gasteiger partial charge in [0.25, 0.3) is 5.91 Å². The highest BCUT2D eigenvalue weighted by Gasteiger charge is 2.12. The van der Waals surface area contributed by atoms with Crippen molar-refractivity contribution in [3.63, 3.8) is 0 Å². The molecule has 0 heterocycles. The zero-order valence-corrected chi connectivity index (χ0v) is 13.0. The second-order valence-electron chi connectivity index (χ2n) is 4.91. The molecule has 0 bridgehead atoms. The minimum absolute atomic E-state index is 0.0209. The molecule has 0 aliphatic heterocycles. The summed E-state index contributed by atoms with van der Waals surface area (Å²) >= 11 is 0. The summed E-state index contributed by atoms with van der Waals surface area (Å²) in [6.45, 7) is -0.0209. The monoisotopic (exact) mass is 339 g/mol. The van der Waals surface area contributed by atoms with Crippen LogP contribution in [0.15, 0.2) is 54.1 Å². The van der Waals surface area contributed by atoms with Crippen LogP contribution < -0.4 is 15.8 Å². The Morgan fingerprint density at radius 1 is 1.20 bits per heavy atom. The Balaban J connectivity index is 2.24. The Morgan fingerprint density at radius 3 is 2.56 bits per heavy atom. The average Bonchev–Trinajstić information content (AvgIpc) is 2.59. The molecule has 0 saturated heterocycles. The number of nitrogens with zero attached hydrogens (tertiary/aromatic N) is 1. The van der Waals surface area contributed by atoms with Crippen LogP contribution in [0.1, 0.15) is 11.1 Å². The number of nitrogens with two attached hydrogens (primary N) is 1. The van der Waals surface area contributed by atoms with Gasteiger partial charge in [0, 0.05) is 11.1 Å². The van der Waals surface area contributed by atoms with Gasteiger partial charge in [-0.2, -0.15) is 5.26 Å². The van der Waals surface area contributed by atoms with Crippen molar-refractivity contribution in [2.75, 3.05) is 0 Å². The van der Waals surface area contributed by atoms with Crippen LogP contribution in [-0.4, -0.2) is 11.9 Å². The number of hydrogen-bond acceptors (Lipinski definition) is 4. The summed E-state index contributed by atoms with van der Waals surface area (Å²) in [6, 6.07) is 13.4. The fourth-order valence-corrected chi connectivity index (χ4v) is 1.99. The number of primary amides is 1. The molecular formula is C18H14FN3O3. The lowest BCUT2D eigenvalue weighted by molar-refractivity contribution is -0.115. The van der Waals surface area contributed by atoms with Crippen molar-refractivity contribution in [2.45, 2.75) is 6.61 Å². The van der Waals surface area contributed by atoms with Gasteiger partial charge in [-0.3, -0.25) is 10.1 Å². The quantitative estimate of drug-likeness (QED) is 0.645. The number of carbonyl (C=O) groups excluding carboxylic acids is 2. The van der Waals surface area contributed by atoms with Gasteiger partial charge in [-0.05, 0) is 18.2 Å². The number of rotatable bonds is 5. The molecule has 0 atom stereocenters. The summed E-state index contributed by atoms with van der Waals surface area (Å²) in [5.74, 6) is -0.960. The zero-order chi connectivity index (χ0) is 18.2. The van der Waals surface area contributed by atoms with Crippen LogP contribution in [0.5, 0.6) is 5.75 Å². The largest absolute Gasteiger partial charge is 0.488 e. The highest BCUT2D eigenvalue weighted by Crippen LogP contribution is 2.22. The normalized spacial score (nSPS) is 10.6. The van der Waals surface area contributed by atoms with E-state index in [9.17, 15) is 14.0 Å². The Labute approximate surface area is 143 Å². The number of benzene rings is 2. The molecule has 6 nitrogen and oxygen atoms in total. The van der Waals surface area contributed by atoms with E-state index < -0.39 is 17.8 Å². The van der Waals surface area contributed by atoms with Crippen molar-refractivity contribution in [3.05, 3.63) is 71.0 Å². The number of nitriles is 1. The molecule has 0 saturated carbocycles. The van der Waals surface area contributed by atoms with E-state index in [-0.39, 0.29) is 12.2 Å². The molecule has 2 rings (SSSR count). The standard InChI is InChI=1S/C18H14FN3O3/c19-15-7-3-1-6-13(15)11-25-16-8-4-2-5-12(16)9-14(10-20)17(23)22-18(21)24/h1-9H,11H2,(H3,21,22,23,24)/b14-9-. The number of urea groups is 1. The first-order chi connectivity index (χ1) is 12.0. The molecule has 2 aromatic rings. The van der Waals surface area contributed by atoms with Crippen LogP contribution in [0.25, 0.3) is 6.08 Å². The minimum Gasteiger partial charge on any atom is -0.488 e. The summed E-state index contributed by atoms with van der Waals surface area (Å²) in [7, 11) is 0. The van der Waals surface area contributed by atoms with Gasteiger partial charge in [-0.25, -0.2) is 9.18 Å². The van der Waals surface area contributed by atoms with Crippen LogP contribution in [-0.2, 0) is 11.4 Å². The smallest absolute Gasteiger partial charge is 0.319 e. The van der Waals surface area contributed by atoms with Crippen molar-refractivity contribution in [2.24, 2.45) is 5.73 Å². The molecule has 0 unspecified atom stereocenters. The van der Waals surface area contributed by atoms with E-state index in [1.165, 1.54) is 12.1 Å². The molecule has 3 amide bonds. The van der Waals surface area contributed by atoms with Crippen molar-refractivity contribution in [3.8, 4) is 11.8 Å². The van der Waals surface area contributed by atoms with E-state index in [1.54, 1.807) is 48.5 Å². The molecule has 7 heteroatoms. The van der Waals surface area contributed by atoms with Gasteiger partial charge in [0.05, 0.1) is 0 Å². The Kier molecular flexibility index (Phi) is 5.85. The second kappa shape index (κ2) is 8.26. The van der Waals surface area contributed by atoms with Crippen molar-refractivity contribution in [1.82, 2.24) is 5.32 Å². The molecule has 0 radical (unpaired) electrons. The number of para-hydroxylation sites is 1. The molecule has 2 aromatic carbocycles. The van der Waals surface area contributed by atoms with Gasteiger partial charge in [0.1, 0.15) is 29.8 Å². The molecule has 126 valence electrons. The number of halogens is 1. The highest BCUT2D eigenvalue weighted by atomic mass is 19.1. The molecule has 0 aromatic heterocycles. The molecule has 25 heavy (non-hydrogen) atoms. The summed E-state index contributed by atoms with van der Waals surface area (Å²) in [5, 5.41) is 10.9. The van der Waals surface area contributed by atoms with E-state index >= 15 is 0 Å². The summed E-state index contributed by atoms with van der Waals surface area (Å²) < 4.78 is 19.2. The first kappa shape index (κ1) is 17.7. The number of carbonyl (C=O) groups is 2. The van der Waals surface area contributed by atoms with Crippen LogP contribution in [0, 0.1) is 17.1 Å². The van der Waals surface area contributed by atoms with E-state index in [2.05, 4.69) is 0 Å². The second-order valence-corrected chi connectivity index (χ2v) is 4.91. The number of amides is 3. The highest BCUT2D eigenvalue weighted by molar-refractivity contribution is 6.08. The Hall–Kier alpha value is -3.66. The minimum atomic E-state index is -1.06. The average molecular weight is 339 g/mol. The van der Waals surface area contributed by atoms with Gasteiger partial charge < -0.3 is 10.5 Å². The molecule has 3 N–H and O–H groups in total. The fourth-order valence-electron chi connectivity index (χ4n) is 1.99. The first-order valence-corrected chi connectivity index (χ1v) is 7.19. The van der Waals surface area contributed by atoms with Gasteiger partial charge in [0.15, 0.2) is 0 Å². The summed E-state index contributed by atoms with van der Waals surface area (Å²) in [4.78, 5) is 22.5. The number of nitrogens with one attached hydrogen (secondary N) is 1. The van der Waals surface area contributed by atoms with E-state index in [0.29, 0.717) is 16.9 Å². The first-order valence-electron chi connectivity index (χ1n) is 7.19. The van der Waals surface area contributed by atoms with Crippen LogP contribution >= 0.6 is 0 Å². The fraction of sp³-hybridized carbons (Fsp3) is 0.0556. The maximum absolute atomic E-state index is 13.7. The number of ether oxygens (including phenoxy) is 1. The van der Waals surface area contributed by atoms with Gasteiger partial charge in [-0.15, -0.1) is 0 Å². The van der Waals surface area contributed by atoms with Crippen LogP contribution in [0.3, 0.4) is 0 Å². The van der Waals surface area contributed by atoms with Gasteiger partial charge in [0.2, 0.25) is 0 Å². The maximum atomic E-state index is 13.7. The third-order valence-corrected chi connectivity index (χ3v) is 3.16. The van der Waals surface area contributed by atoms with E-state index in [4.69, 9.17) is 15.7 Å². The molecular weight excluding hydrogens is 325 g/mol. The predicted molar refractivity (Wildman–Crippen MR) is 88.5 cm³/mol. The van der Waals surface area contributed by atoms with Crippen LogP contribution in [0.4, 0.5) is 9.18 Å². The van der Waals surface area contributed by atoms with Gasteiger partial charge in [-0.1, -0.05) is 36.4 Å². The lowest BCUT2D eigenvalue weighted by Crippen LogP contribution is -2.35. The molecule has 0 fully saturated rings. The molecule has 0 aliphatic carbocycles. The van der Waals surface area contributed by atoms with Gasteiger partial charge >= 0.3 is 6.03 Å². The third kappa shape index (κ3) is 4.91. The lowest BCUT2D eigenvalue weighted by Gasteiger charge is -2.10. The molecule has 0 aliphatic rings. The third-order valence-electron chi connectivity index (χ3n) is 3.16. The summed E-state index contributed by atoms with van der Waals surface area (Å²) in [6.07, 6.45) is 1.26. The Bertz CT molecular complexity index is 872. The summed E-state index contributed by atoms with van der Waals surface area (Å²) in [5.41, 5.74) is 5.34.